The second-order valence-electron chi connectivity index (χ2n) is 9.82. The first kappa shape index (κ1) is 44.0. The summed E-state index contributed by atoms with van der Waals surface area (Å²) in [6.45, 7) is -1.01. The van der Waals surface area contributed by atoms with Crippen molar-refractivity contribution < 1.29 is 210 Å². The van der Waals surface area contributed by atoms with E-state index in [0.717, 1.165) is 36.4 Å². The van der Waals surface area contributed by atoms with E-state index in [1.54, 1.807) is 0 Å². The predicted molar refractivity (Wildman–Crippen MR) is 155 cm³/mol. The van der Waals surface area contributed by atoms with Crippen LogP contribution in [-0.4, -0.2) is 64.3 Å². The Bertz CT molecular complexity index is 2870. The van der Waals surface area contributed by atoms with E-state index in [4.69, 9.17) is 4.42 Å². The van der Waals surface area contributed by atoms with Crippen molar-refractivity contribution in [3.8, 4) is 5.69 Å². The average Bonchev–Trinajstić information content (AvgIpc) is 2.95. The number of fused-ring (bicyclic) bond motifs is 2. The van der Waals surface area contributed by atoms with Crippen molar-refractivity contribution in [1.82, 2.24) is 4.57 Å². The third-order valence-corrected chi connectivity index (χ3v) is 10.9. The van der Waals surface area contributed by atoms with Gasteiger partial charge in [-0.2, -0.15) is 0 Å². The SMILES string of the molecule is O=c1c2ccc3c4cc(S(=O)(=O)[O-])ccc4oc4c(S(=O)(=O)[O-])cc(c(=O)n1-c1cccc(S(=O)(=O)CCOS(=O)(=O)[O-])c1)c2c43.[K+].[K+].[K+]. The van der Waals surface area contributed by atoms with Crippen molar-refractivity contribution in [3.05, 3.63) is 81.4 Å². The molecule has 0 spiro atoms. The summed E-state index contributed by atoms with van der Waals surface area (Å²) in [7, 11) is -19.9. The molecule has 0 saturated heterocycles. The Hall–Kier alpha value is 0.629. The van der Waals surface area contributed by atoms with Gasteiger partial charge >= 0.3 is 154 Å². The zero-order chi connectivity index (χ0) is 33.6. The van der Waals surface area contributed by atoms with Gasteiger partial charge in [0.15, 0.2) is 15.4 Å². The van der Waals surface area contributed by atoms with Crippen LogP contribution in [0.3, 0.4) is 0 Å². The van der Waals surface area contributed by atoms with Gasteiger partial charge in [-0.25, -0.2) is 38.2 Å². The molecule has 16 nitrogen and oxygen atoms in total. The van der Waals surface area contributed by atoms with Gasteiger partial charge in [-0.1, -0.05) is 12.1 Å². The van der Waals surface area contributed by atoms with E-state index >= 15 is 0 Å². The van der Waals surface area contributed by atoms with E-state index in [9.17, 15) is 56.9 Å². The number of rotatable bonds is 8. The molecular formula is C26H14K3NO15S4. The predicted octanol–water partition coefficient (Wildman–Crippen LogP) is -8.09. The number of hydrogen-bond donors (Lipinski definition) is 0. The zero-order valence-corrected chi connectivity index (χ0v) is 38.0. The maximum absolute atomic E-state index is 13.9. The Kier molecular flexibility index (Phi) is 14.2. The standard InChI is InChI=1S/C26H17NO15S4.3K/c28-25-17-6-5-16-18-11-15(44(32,33)34)4-7-20(18)42-24-21(45(35,36)37)12-19(22(17)23(16)24)26(29)27(25)13-2-1-3-14(10-13)43(30,31)9-8-41-46(38,39)40;;;/h1-7,10-12H,8-9H2,(H,32,33,34)(H,35,36,37)(H,38,39,40);;;/q;3*+1/p-3. The molecule has 23 heteroatoms. The topological polar surface area (TPSA) is 267 Å². The molecule has 0 saturated carbocycles. The third kappa shape index (κ3) is 8.64. The number of hydrogen-bond acceptors (Lipinski definition) is 15. The van der Waals surface area contributed by atoms with Crippen molar-refractivity contribution in [2.24, 2.45) is 0 Å². The fraction of sp³-hybridized carbons (Fsp3) is 0.0769. The van der Waals surface area contributed by atoms with E-state index in [0.29, 0.717) is 10.6 Å². The quantitative estimate of drug-likeness (QED) is 0.0454. The van der Waals surface area contributed by atoms with Gasteiger partial charge in [0.25, 0.3) is 11.1 Å². The van der Waals surface area contributed by atoms with Gasteiger partial charge in [0, 0.05) is 21.5 Å². The fourth-order valence-corrected chi connectivity index (χ4v) is 7.84. The van der Waals surface area contributed by atoms with Crippen LogP contribution in [0, 0.1) is 0 Å². The zero-order valence-electron chi connectivity index (χ0n) is 25.4. The Labute approximate surface area is 404 Å². The van der Waals surface area contributed by atoms with E-state index in [2.05, 4.69) is 4.18 Å². The number of nitrogens with zero attached hydrogens (tertiary/aromatic N) is 1. The molecular weight excluding hydrogens is 812 g/mol. The van der Waals surface area contributed by atoms with Crippen LogP contribution < -0.4 is 165 Å². The summed E-state index contributed by atoms with van der Waals surface area (Å²) in [5.74, 6) is -0.963. The minimum absolute atomic E-state index is 0. The molecule has 0 radical (unpaired) electrons. The molecule has 49 heavy (non-hydrogen) atoms. The van der Waals surface area contributed by atoms with Crippen LogP contribution in [0.4, 0.5) is 0 Å². The molecule has 0 unspecified atom stereocenters. The molecule has 0 fully saturated rings. The van der Waals surface area contributed by atoms with Crippen molar-refractivity contribution >= 4 is 84.0 Å². The van der Waals surface area contributed by atoms with E-state index in [1.807, 2.05) is 0 Å². The van der Waals surface area contributed by atoms with Gasteiger partial charge in [0.1, 0.15) is 25.8 Å². The van der Waals surface area contributed by atoms with Gasteiger partial charge < -0.3 is 18.1 Å². The van der Waals surface area contributed by atoms with Crippen molar-refractivity contribution in [3.63, 3.8) is 0 Å². The minimum atomic E-state index is -5.37. The molecule has 240 valence electrons. The molecule has 2 aromatic heterocycles. The molecule has 0 bridgehead atoms. The van der Waals surface area contributed by atoms with Crippen LogP contribution in [0.2, 0.25) is 0 Å². The second-order valence-corrected chi connectivity index (χ2v) is 15.7. The van der Waals surface area contributed by atoms with Gasteiger partial charge in [-0.3, -0.25) is 13.8 Å². The Morgan fingerprint density at radius 3 is 1.90 bits per heavy atom. The maximum atomic E-state index is 13.9. The summed E-state index contributed by atoms with van der Waals surface area (Å²) in [4.78, 5) is 25.5. The normalized spacial score (nSPS) is 12.6. The van der Waals surface area contributed by atoms with Crippen LogP contribution in [0.15, 0.2) is 89.4 Å². The summed E-state index contributed by atoms with van der Waals surface area (Å²) in [6.07, 6.45) is 0. The summed E-state index contributed by atoms with van der Waals surface area (Å²) >= 11 is 0. The smallest absolute Gasteiger partial charge is 0.744 e. The fourth-order valence-electron chi connectivity index (χ4n) is 5.19. The van der Waals surface area contributed by atoms with E-state index < -0.39 is 89.6 Å². The number of aromatic nitrogens is 1. The third-order valence-electron chi connectivity index (χ3n) is 7.09. The van der Waals surface area contributed by atoms with Gasteiger partial charge in [0.05, 0.1) is 38.1 Å². The molecule has 0 aliphatic heterocycles. The maximum Gasteiger partial charge on any atom is 1.00 e. The Morgan fingerprint density at radius 2 is 1.29 bits per heavy atom. The molecule has 0 atom stereocenters. The molecule has 0 amide bonds. The molecule has 6 rings (SSSR count). The summed E-state index contributed by atoms with van der Waals surface area (Å²) in [6, 6.07) is 10.5. The van der Waals surface area contributed by atoms with Crippen molar-refractivity contribution in [1.29, 1.82) is 0 Å². The molecule has 4 aromatic carbocycles. The van der Waals surface area contributed by atoms with Gasteiger partial charge in [-0.05, 0) is 53.9 Å². The first-order valence-electron chi connectivity index (χ1n) is 12.5. The van der Waals surface area contributed by atoms with Gasteiger partial charge in [0.2, 0.25) is 10.4 Å². The van der Waals surface area contributed by atoms with E-state index in [1.165, 1.54) is 18.2 Å². The number of benzene rings is 4. The van der Waals surface area contributed by atoms with Crippen LogP contribution >= 0.6 is 0 Å². The first-order chi connectivity index (χ1) is 21.3. The summed E-state index contributed by atoms with van der Waals surface area (Å²) in [5.41, 5.74) is -3.17. The average molecular weight is 826 g/mol. The first-order valence-corrected chi connectivity index (χ1v) is 18.3. The molecule has 0 aliphatic carbocycles. The number of sulfone groups is 1. The Morgan fingerprint density at radius 1 is 0.653 bits per heavy atom. The van der Waals surface area contributed by atoms with Crippen LogP contribution in [0.5, 0.6) is 0 Å². The van der Waals surface area contributed by atoms with E-state index in [-0.39, 0.29) is 192 Å². The van der Waals surface area contributed by atoms with Crippen LogP contribution in [0.25, 0.3) is 49.2 Å². The minimum Gasteiger partial charge on any atom is -0.744 e. The van der Waals surface area contributed by atoms with Crippen molar-refractivity contribution in [2.45, 2.75) is 14.7 Å². The van der Waals surface area contributed by atoms with Crippen molar-refractivity contribution in [2.75, 3.05) is 12.4 Å². The second kappa shape index (κ2) is 15.8. The molecule has 6 aromatic rings. The van der Waals surface area contributed by atoms with Crippen LogP contribution in [-0.2, 0) is 44.7 Å². The molecule has 2 heterocycles. The van der Waals surface area contributed by atoms with Gasteiger partial charge in [-0.15, -0.1) is 0 Å². The summed E-state index contributed by atoms with van der Waals surface area (Å²) in [5, 5.41) is -1.04. The largest absolute Gasteiger partial charge is 1.00 e. The van der Waals surface area contributed by atoms with Crippen LogP contribution in [0.1, 0.15) is 0 Å². The Balaban J connectivity index is 0.00000217. The number of pyridine rings is 1. The summed E-state index contributed by atoms with van der Waals surface area (Å²) < 4.78 is 140. The molecule has 0 N–H and O–H groups in total. The monoisotopic (exact) mass is 825 g/mol. The molecule has 0 aliphatic rings.